The lowest BCUT2D eigenvalue weighted by Gasteiger charge is -2.22. The second-order valence-electron chi connectivity index (χ2n) is 25.3. The number of hydrogen-bond acceptors (Lipinski definition) is 5. The van der Waals surface area contributed by atoms with Crippen LogP contribution in [-0.2, 0) is 14.3 Å². The average molecular weight is 1140 g/mol. The lowest BCUT2D eigenvalue weighted by molar-refractivity contribution is -0.143. The molecule has 0 aliphatic heterocycles. The van der Waals surface area contributed by atoms with Gasteiger partial charge in [0.05, 0.1) is 25.4 Å². The highest BCUT2D eigenvalue weighted by Crippen LogP contribution is 2.19. The normalized spacial score (nSPS) is 12.7. The molecule has 2 unspecified atom stereocenters. The van der Waals surface area contributed by atoms with Gasteiger partial charge in [-0.15, -0.1) is 0 Å². The van der Waals surface area contributed by atoms with E-state index in [0.29, 0.717) is 25.9 Å². The van der Waals surface area contributed by atoms with E-state index in [2.05, 4.69) is 55.6 Å². The molecule has 6 nitrogen and oxygen atoms in total. The molecule has 0 saturated heterocycles. The van der Waals surface area contributed by atoms with Crippen molar-refractivity contribution in [2.24, 2.45) is 0 Å². The first-order valence-electron chi connectivity index (χ1n) is 36.7. The van der Waals surface area contributed by atoms with Crippen molar-refractivity contribution in [1.82, 2.24) is 5.32 Å². The molecule has 0 spiro atoms. The molecule has 478 valence electrons. The van der Waals surface area contributed by atoms with E-state index in [1.807, 2.05) is 0 Å². The van der Waals surface area contributed by atoms with Gasteiger partial charge < -0.3 is 20.3 Å². The third kappa shape index (κ3) is 67.1. The van der Waals surface area contributed by atoms with Crippen LogP contribution >= 0.6 is 0 Å². The summed E-state index contributed by atoms with van der Waals surface area (Å²) in [6.45, 7) is 4.97. The van der Waals surface area contributed by atoms with E-state index < -0.39 is 12.1 Å². The second kappa shape index (κ2) is 70.6. The van der Waals surface area contributed by atoms with Crippen LogP contribution in [0.4, 0.5) is 0 Å². The molecule has 3 N–H and O–H groups in total. The maximum absolute atomic E-state index is 12.6. The van der Waals surface area contributed by atoms with Crippen LogP contribution in [0.3, 0.4) is 0 Å². The molecule has 1 amide bonds. The number of carbonyl (C=O) groups is 2. The highest BCUT2D eigenvalue weighted by molar-refractivity contribution is 5.76. The fourth-order valence-corrected chi connectivity index (χ4v) is 11.6. The molecule has 0 bridgehead atoms. The Morgan fingerprint density at radius 3 is 0.963 bits per heavy atom. The van der Waals surface area contributed by atoms with E-state index in [9.17, 15) is 19.8 Å². The summed E-state index contributed by atoms with van der Waals surface area (Å²) in [5, 5.41) is 23.4. The summed E-state index contributed by atoms with van der Waals surface area (Å²) in [6.07, 6.45) is 90.5. The van der Waals surface area contributed by atoms with Crippen LogP contribution in [0.1, 0.15) is 406 Å². The molecular formula is C75H143NO5. The lowest BCUT2D eigenvalue weighted by atomic mass is 10.0. The molecule has 0 fully saturated rings. The van der Waals surface area contributed by atoms with Crippen molar-refractivity contribution in [2.45, 2.75) is 418 Å². The fraction of sp³-hybridized carbons (Fsp3) is 0.893. The Bertz CT molecular complexity index is 1310. The molecule has 0 saturated carbocycles. The van der Waals surface area contributed by atoms with E-state index in [-0.39, 0.29) is 18.5 Å². The van der Waals surface area contributed by atoms with Gasteiger partial charge in [0, 0.05) is 12.8 Å². The molecule has 2 atom stereocenters. The Morgan fingerprint density at radius 2 is 0.617 bits per heavy atom. The van der Waals surface area contributed by atoms with Crippen molar-refractivity contribution in [3.8, 4) is 0 Å². The van der Waals surface area contributed by atoms with Gasteiger partial charge in [-0.05, 0) is 83.5 Å². The van der Waals surface area contributed by atoms with Crippen LogP contribution in [-0.4, -0.2) is 47.4 Å². The van der Waals surface area contributed by atoms with Crippen LogP contribution in [0.5, 0.6) is 0 Å². The number of nitrogens with one attached hydrogen (secondary N) is 1. The third-order valence-electron chi connectivity index (χ3n) is 17.2. The lowest BCUT2D eigenvalue weighted by Crippen LogP contribution is -2.45. The number of aliphatic hydroxyl groups excluding tert-OH is 2. The second-order valence-corrected chi connectivity index (χ2v) is 25.3. The van der Waals surface area contributed by atoms with Crippen molar-refractivity contribution >= 4 is 11.9 Å². The van der Waals surface area contributed by atoms with Gasteiger partial charge in [0.15, 0.2) is 0 Å². The van der Waals surface area contributed by atoms with E-state index in [0.717, 1.165) is 51.4 Å². The zero-order valence-corrected chi connectivity index (χ0v) is 54.8. The summed E-state index contributed by atoms with van der Waals surface area (Å²) >= 11 is 0. The fourth-order valence-electron chi connectivity index (χ4n) is 11.6. The Kier molecular flexibility index (Phi) is 68.9. The van der Waals surface area contributed by atoms with Crippen molar-refractivity contribution in [3.63, 3.8) is 0 Å². The minimum atomic E-state index is -0.671. The van der Waals surface area contributed by atoms with E-state index in [1.165, 1.54) is 321 Å². The molecule has 0 rings (SSSR count). The van der Waals surface area contributed by atoms with Crippen molar-refractivity contribution in [2.75, 3.05) is 13.2 Å². The number of aliphatic hydroxyl groups is 2. The van der Waals surface area contributed by atoms with Gasteiger partial charge in [0.25, 0.3) is 0 Å². The molecule has 0 radical (unpaired) electrons. The smallest absolute Gasteiger partial charge is 0.305 e. The third-order valence-corrected chi connectivity index (χ3v) is 17.2. The van der Waals surface area contributed by atoms with Crippen LogP contribution in [0.2, 0.25) is 0 Å². The number of unbranched alkanes of at least 4 members (excludes halogenated alkanes) is 52. The zero-order chi connectivity index (χ0) is 58.5. The first-order valence-corrected chi connectivity index (χ1v) is 36.7. The van der Waals surface area contributed by atoms with Crippen LogP contribution in [0.25, 0.3) is 0 Å². The Morgan fingerprint density at radius 1 is 0.346 bits per heavy atom. The van der Waals surface area contributed by atoms with Gasteiger partial charge in [-0.25, -0.2) is 0 Å². The highest BCUT2D eigenvalue weighted by atomic mass is 16.5. The maximum Gasteiger partial charge on any atom is 0.305 e. The monoisotopic (exact) mass is 1140 g/mol. The van der Waals surface area contributed by atoms with E-state index in [4.69, 9.17) is 4.74 Å². The van der Waals surface area contributed by atoms with Crippen molar-refractivity contribution in [1.29, 1.82) is 0 Å². The molecule has 0 aliphatic rings. The van der Waals surface area contributed by atoms with Crippen molar-refractivity contribution < 1.29 is 24.5 Å². The summed E-state index contributed by atoms with van der Waals surface area (Å²) < 4.78 is 5.50. The molecule has 6 heteroatoms. The number of allylic oxidation sites excluding steroid dienone is 6. The van der Waals surface area contributed by atoms with Gasteiger partial charge in [0.2, 0.25) is 5.91 Å². The van der Waals surface area contributed by atoms with Gasteiger partial charge in [-0.1, -0.05) is 346 Å². The molecule has 0 aromatic carbocycles. The zero-order valence-electron chi connectivity index (χ0n) is 54.8. The quantitative estimate of drug-likeness (QED) is 0.0320. The minimum Gasteiger partial charge on any atom is -0.466 e. The predicted molar refractivity (Wildman–Crippen MR) is 356 cm³/mol. The van der Waals surface area contributed by atoms with E-state index in [1.54, 1.807) is 0 Å². The number of rotatable bonds is 69. The largest absolute Gasteiger partial charge is 0.466 e. The molecule has 0 aromatic heterocycles. The minimum absolute atomic E-state index is 0.00350. The Balaban J connectivity index is 3.41. The number of hydrogen-bond donors (Lipinski definition) is 3. The molecule has 81 heavy (non-hydrogen) atoms. The Hall–Kier alpha value is -1.92. The number of amides is 1. The number of esters is 1. The van der Waals surface area contributed by atoms with Crippen LogP contribution in [0, 0.1) is 0 Å². The highest BCUT2D eigenvalue weighted by Gasteiger charge is 2.20. The van der Waals surface area contributed by atoms with Gasteiger partial charge >= 0.3 is 5.97 Å². The standard InChI is InChI=1S/C75H143NO5/c1-3-5-7-9-11-13-15-17-19-21-23-24-25-26-29-32-35-39-43-47-51-55-59-63-67-73(78)72(71-77)76-74(79)68-64-60-56-52-48-44-40-36-33-30-27-28-31-34-38-42-46-50-54-58-62-66-70-81-75(80)69-65-61-57-53-49-45-41-37-22-20-18-16-14-12-10-8-6-4-2/h14,16,20,22,30,33,72-73,77-78H,3-13,15,17-19,21,23-29,31-32,34-71H2,1-2H3,(H,76,79)/b16-14-,22-20-,33-30-. The maximum atomic E-state index is 12.6. The summed E-state index contributed by atoms with van der Waals surface area (Å²) in [5.74, 6) is -0.0342. The molecule has 0 aromatic rings. The predicted octanol–water partition coefficient (Wildman–Crippen LogP) is 23.9. The average Bonchev–Trinajstić information content (AvgIpc) is 3.47. The Labute approximate surface area is 506 Å². The van der Waals surface area contributed by atoms with Gasteiger partial charge in [-0.3, -0.25) is 9.59 Å². The van der Waals surface area contributed by atoms with Gasteiger partial charge in [0.1, 0.15) is 0 Å². The molecule has 0 aliphatic carbocycles. The summed E-state index contributed by atoms with van der Waals surface area (Å²) in [6, 6.07) is -0.549. The first kappa shape index (κ1) is 79.1. The van der Waals surface area contributed by atoms with Crippen LogP contribution in [0.15, 0.2) is 36.5 Å². The SMILES string of the molecule is CCCCCC/C=C\C/C=C\CCCCCCCCCC(=O)OCCCCCCCCCCCCC/C=C\CCCCCCCCCC(=O)NC(CO)C(O)CCCCCCCCCCCCCCCCCCCCCCCCCC. The van der Waals surface area contributed by atoms with E-state index >= 15 is 0 Å². The number of ether oxygens (including phenoxy) is 1. The van der Waals surface area contributed by atoms with Crippen LogP contribution < -0.4 is 5.32 Å². The summed E-state index contributed by atoms with van der Waals surface area (Å²) in [4.78, 5) is 24.7. The summed E-state index contributed by atoms with van der Waals surface area (Å²) in [7, 11) is 0. The first-order chi connectivity index (χ1) is 40.0. The van der Waals surface area contributed by atoms with Gasteiger partial charge in [-0.2, -0.15) is 0 Å². The number of carbonyl (C=O) groups excluding carboxylic acids is 2. The topological polar surface area (TPSA) is 95.9 Å². The van der Waals surface area contributed by atoms with Crippen molar-refractivity contribution in [3.05, 3.63) is 36.5 Å². The summed E-state index contributed by atoms with van der Waals surface area (Å²) in [5.41, 5.74) is 0. The molecular weight excluding hydrogens is 995 g/mol. The molecule has 0 heterocycles.